The molecule has 1 aromatic heterocycles. The quantitative estimate of drug-likeness (QED) is 0.753. The molecule has 0 saturated carbocycles. The van der Waals surface area contributed by atoms with Crippen LogP contribution in [-0.2, 0) is 16.0 Å². The minimum atomic E-state index is -0.298. The predicted octanol–water partition coefficient (Wildman–Crippen LogP) is 0.640. The van der Waals surface area contributed by atoms with Gasteiger partial charge in [-0.3, -0.25) is 14.5 Å². The van der Waals surface area contributed by atoms with E-state index in [-0.39, 0.29) is 23.3 Å². The summed E-state index contributed by atoms with van der Waals surface area (Å²) in [6.45, 7) is 5.00. The third-order valence-corrected chi connectivity index (χ3v) is 6.97. The summed E-state index contributed by atoms with van der Waals surface area (Å²) in [5.74, 6) is 0.425. The first-order valence-corrected chi connectivity index (χ1v) is 11.0. The first kappa shape index (κ1) is 20.3. The molecule has 3 aliphatic rings. The van der Waals surface area contributed by atoms with Crippen LogP contribution in [0.3, 0.4) is 0 Å². The average molecular weight is 404 g/mol. The molecule has 2 N–H and O–H groups in total. The summed E-state index contributed by atoms with van der Waals surface area (Å²) in [4.78, 5) is 38.4. The Balaban J connectivity index is 1.27. The van der Waals surface area contributed by atoms with E-state index in [1.54, 1.807) is 6.33 Å². The maximum atomic E-state index is 12.7. The van der Waals surface area contributed by atoms with Crippen molar-refractivity contribution in [3.63, 3.8) is 0 Å². The van der Waals surface area contributed by atoms with Crippen LogP contribution >= 0.6 is 0 Å². The normalized spacial score (nSPS) is 25.6. The number of nitrogens with zero attached hydrogens (tertiary/aromatic N) is 4. The van der Waals surface area contributed by atoms with Crippen molar-refractivity contribution >= 4 is 11.8 Å². The summed E-state index contributed by atoms with van der Waals surface area (Å²) < 4.78 is 0. The van der Waals surface area contributed by atoms with Crippen molar-refractivity contribution in [1.29, 1.82) is 0 Å². The van der Waals surface area contributed by atoms with Gasteiger partial charge >= 0.3 is 0 Å². The molecule has 1 atom stereocenters. The van der Waals surface area contributed by atoms with Gasteiger partial charge < -0.3 is 19.9 Å². The molecule has 3 fully saturated rings. The lowest BCUT2D eigenvalue weighted by Crippen LogP contribution is -2.54. The van der Waals surface area contributed by atoms with E-state index in [1.807, 2.05) is 16.0 Å². The molecule has 1 aromatic rings. The van der Waals surface area contributed by atoms with E-state index in [9.17, 15) is 14.7 Å². The minimum Gasteiger partial charge on any atom is -0.392 e. The zero-order valence-corrected chi connectivity index (χ0v) is 17.2. The van der Waals surface area contributed by atoms with E-state index in [0.29, 0.717) is 19.5 Å². The van der Waals surface area contributed by atoms with E-state index in [0.717, 1.165) is 76.9 Å². The number of β-amino-alcohol motifs (C(OH)–C–C–N with tert-alkyl or cyclic N) is 1. The summed E-state index contributed by atoms with van der Waals surface area (Å²) >= 11 is 0. The fourth-order valence-corrected chi connectivity index (χ4v) is 5.09. The summed E-state index contributed by atoms with van der Waals surface area (Å²) in [5.41, 5.74) is 1.21. The molecule has 8 heteroatoms. The molecular formula is C21H33N5O3. The molecule has 29 heavy (non-hydrogen) atoms. The van der Waals surface area contributed by atoms with Crippen LogP contribution in [0.5, 0.6) is 0 Å². The van der Waals surface area contributed by atoms with Gasteiger partial charge in [-0.05, 0) is 44.1 Å². The van der Waals surface area contributed by atoms with E-state index in [1.165, 1.54) is 0 Å². The Morgan fingerprint density at radius 3 is 2.83 bits per heavy atom. The van der Waals surface area contributed by atoms with Crippen LogP contribution in [0.15, 0.2) is 12.5 Å². The third-order valence-electron chi connectivity index (χ3n) is 6.97. The number of rotatable bonds is 5. The first-order valence-electron chi connectivity index (χ1n) is 11.0. The second-order valence-corrected chi connectivity index (χ2v) is 9.05. The Labute approximate surface area is 172 Å². The Morgan fingerprint density at radius 1 is 1.28 bits per heavy atom. The molecule has 4 heterocycles. The number of carbonyl (C=O) groups is 2. The highest BCUT2D eigenvalue weighted by Crippen LogP contribution is 2.40. The number of nitrogens with one attached hydrogen (secondary N) is 1. The van der Waals surface area contributed by atoms with Crippen LogP contribution in [0.2, 0.25) is 0 Å². The topological polar surface area (TPSA) is 92.8 Å². The van der Waals surface area contributed by atoms with E-state index >= 15 is 0 Å². The standard InChI is InChI=1S/C21H33N5O3/c27-18-2-1-8-24(13-18)14-20(29)25-10-6-21(7-11-25)5-3-19(28)26(15-21)9-4-17-12-22-16-23-17/h12,16,18,27H,1-11,13-15H2,(H,22,23)/t18-/m1/s1. The molecule has 0 aromatic carbocycles. The van der Waals surface area contributed by atoms with Crippen LogP contribution in [0, 0.1) is 5.41 Å². The number of imidazole rings is 1. The van der Waals surface area contributed by atoms with Gasteiger partial charge in [-0.25, -0.2) is 4.98 Å². The smallest absolute Gasteiger partial charge is 0.236 e. The van der Waals surface area contributed by atoms with Gasteiger partial charge in [0.25, 0.3) is 0 Å². The van der Waals surface area contributed by atoms with Crippen LogP contribution in [-0.4, -0.2) is 93.5 Å². The molecule has 8 nitrogen and oxygen atoms in total. The summed E-state index contributed by atoms with van der Waals surface area (Å²) in [5, 5.41) is 9.82. The Bertz CT molecular complexity index is 699. The molecule has 3 aliphatic heterocycles. The highest BCUT2D eigenvalue weighted by atomic mass is 16.3. The Kier molecular flexibility index (Phi) is 6.20. The third kappa shape index (κ3) is 4.98. The van der Waals surface area contributed by atoms with E-state index in [2.05, 4.69) is 14.9 Å². The van der Waals surface area contributed by atoms with Crippen molar-refractivity contribution < 1.29 is 14.7 Å². The maximum Gasteiger partial charge on any atom is 0.236 e. The van der Waals surface area contributed by atoms with Crippen LogP contribution < -0.4 is 0 Å². The highest BCUT2D eigenvalue weighted by Gasteiger charge is 2.41. The van der Waals surface area contributed by atoms with Gasteiger partial charge in [0.2, 0.25) is 11.8 Å². The van der Waals surface area contributed by atoms with Gasteiger partial charge in [0.15, 0.2) is 0 Å². The Hall–Kier alpha value is -1.93. The van der Waals surface area contributed by atoms with E-state index < -0.39 is 0 Å². The van der Waals surface area contributed by atoms with Crippen molar-refractivity contribution in [1.82, 2.24) is 24.7 Å². The van der Waals surface area contributed by atoms with Crippen molar-refractivity contribution in [3.05, 3.63) is 18.2 Å². The van der Waals surface area contributed by atoms with Gasteiger partial charge in [0.05, 0.1) is 19.0 Å². The molecule has 0 radical (unpaired) electrons. The van der Waals surface area contributed by atoms with Crippen LogP contribution in [0.25, 0.3) is 0 Å². The molecule has 0 unspecified atom stereocenters. The van der Waals surface area contributed by atoms with Crippen molar-refractivity contribution in [3.8, 4) is 0 Å². The predicted molar refractivity (Wildman–Crippen MR) is 108 cm³/mol. The monoisotopic (exact) mass is 403 g/mol. The van der Waals surface area contributed by atoms with Crippen LogP contribution in [0.4, 0.5) is 0 Å². The van der Waals surface area contributed by atoms with Crippen molar-refractivity contribution in [2.24, 2.45) is 5.41 Å². The van der Waals surface area contributed by atoms with Gasteiger partial charge in [0.1, 0.15) is 0 Å². The molecular weight excluding hydrogens is 370 g/mol. The minimum absolute atomic E-state index is 0.153. The number of carbonyl (C=O) groups excluding carboxylic acids is 2. The molecule has 0 aliphatic carbocycles. The number of H-pyrrole nitrogens is 1. The van der Waals surface area contributed by atoms with Crippen molar-refractivity contribution in [2.75, 3.05) is 45.8 Å². The number of aliphatic hydroxyl groups is 1. The second kappa shape index (κ2) is 8.83. The molecule has 1 spiro atoms. The summed E-state index contributed by atoms with van der Waals surface area (Å²) in [6, 6.07) is 0. The number of aliphatic hydroxyl groups excluding tert-OH is 1. The van der Waals surface area contributed by atoms with Gasteiger partial charge in [0, 0.05) is 57.5 Å². The number of hydrogen-bond acceptors (Lipinski definition) is 5. The van der Waals surface area contributed by atoms with E-state index in [4.69, 9.17) is 0 Å². The second-order valence-electron chi connectivity index (χ2n) is 9.05. The first-order chi connectivity index (χ1) is 14.0. The SMILES string of the molecule is O=C(CN1CCC[C@@H](O)C1)N1CCC2(CCC(=O)N(CCc3cnc[nH]3)C2)CC1. The van der Waals surface area contributed by atoms with Gasteiger partial charge in [-0.1, -0.05) is 0 Å². The Morgan fingerprint density at radius 2 is 2.10 bits per heavy atom. The molecule has 160 valence electrons. The number of amides is 2. The lowest BCUT2D eigenvalue weighted by atomic mass is 9.72. The molecule has 0 bridgehead atoms. The lowest BCUT2D eigenvalue weighted by Gasteiger charge is -2.47. The largest absolute Gasteiger partial charge is 0.392 e. The fraction of sp³-hybridized carbons (Fsp3) is 0.762. The highest BCUT2D eigenvalue weighted by molar-refractivity contribution is 5.79. The fourth-order valence-electron chi connectivity index (χ4n) is 5.09. The summed E-state index contributed by atoms with van der Waals surface area (Å²) in [6.07, 6.45) is 9.27. The molecule has 3 saturated heterocycles. The number of hydrogen-bond donors (Lipinski definition) is 2. The van der Waals surface area contributed by atoms with Crippen molar-refractivity contribution in [2.45, 2.75) is 51.0 Å². The number of aromatic amines is 1. The zero-order chi connectivity index (χ0) is 20.3. The maximum absolute atomic E-state index is 12.7. The van der Waals surface area contributed by atoms with Crippen LogP contribution in [0.1, 0.15) is 44.2 Å². The van der Waals surface area contributed by atoms with Gasteiger partial charge in [-0.2, -0.15) is 0 Å². The average Bonchev–Trinajstić information content (AvgIpc) is 3.23. The number of piperidine rings is 3. The number of aromatic nitrogens is 2. The molecule has 2 amide bonds. The number of likely N-dealkylation sites (tertiary alicyclic amines) is 3. The summed E-state index contributed by atoms with van der Waals surface area (Å²) in [7, 11) is 0. The van der Waals surface area contributed by atoms with Gasteiger partial charge in [-0.15, -0.1) is 0 Å². The lowest BCUT2D eigenvalue weighted by molar-refractivity contribution is -0.143. The zero-order valence-electron chi connectivity index (χ0n) is 17.2. The molecule has 4 rings (SSSR count).